The molecule has 0 aromatic heterocycles. The Kier molecular flexibility index (Phi) is 7.06. The minimum Gasteiger partial charge on any atom is -0.466 e. The fourth-order valence-corrected chi connectivity index (χ4v) is 1.51. The van der Waals surface area contributed by atoms with Gasteiger partial charge in [-0.1, -0.05) is 30.3 Å². The zero-order valence-electron chi connectivity index (χ0n) is 11.6. The molecule has 1 aromatic rings. The summed E-state index contributed by atoms with van der Waals surface area (Å²) in [6, 6.07) is 9.68. The number of ether oxygens (including phenoxy) is 3. The van der Waals surface area contributed by atoms with Crippen molar-refractivity contribution in [2.24, 2.45) is 0 Å². The monoisotopic (exact) mass is 278 g/mol. The number of hydrogen-bond donors (Lipinski definition) is 0. The third-order valence-electron chi connectivity index (χ3n) is 2.57. The first-order valence-corrected chi connectivity index (χ1v) is 6.16. The van der Waals surface area contributed by atoms with E-state index in [0.29, 0.717) is 13.2 Å². The first kappa shape index (κ1) is 15.9. The van der Waals surface area contributed by atoms with Gasteiger partial charge in [-0.15, -0.1) is 0 Å². The van der Waals surface area contributed by atoms with E-state index in [4.69, 9.17) is 4.74 Å². The number of carbonyl (C=O) groups is 2. The fraction of sp³-hybridized carbons (Fsp3) is 0.333. The molecule has 0 aliphatic heterocycles. The van der Waals surface area contributed by atoms with E-state index < -0.39 is 11.9 Å². The summed E-state index contributed by atoms with van der Waals surface area (Å²) in [7, 11) is 2.51. The smallest absolute Gasteiger partial charge is 0.334 e. The quantitative estimate of drug-likeness (QED) is 0.433. The first-order valence-electron chi connectivity index (χ1n) is 6.16. The third kappa shape index (κ3) is 5.67. The van der Waals surface area contributed by atoms with Crippen LogP contribution < -0.4 is 0 Å². The molecule has 0 saturated carbocycles. The number of rotatable bonds is 7. The van der Waals surface area contributed by atoms with Gasteiger partial charge in [-0.05, 0) is 5.56 Å². The van der Waals surface area contributed by atoms with Crippen molar-refractivity contribution in [1.82, 2.24) is 0 Å². The molecule has 0 aliphatic carbocycles. The Morgan fingerprint density at radius 2 is 1.80 bits per heavy atom. The number of benzene rings is 1. The molecule has 0 saturated heterocycles. The summed E-state index contributed by atoms with van der Waals surface area (Å²) >= 11 is 0. The van der Waals surface area contributed by atoms with E-state index in [0.717, 1.165) is 11.6 Å². The molecule has 0 atom stereocenters. The Bertz CT molecular complexity index is 464. The average Bonchev–Trinajstić information content (AvgIpc) is 2.50. The maximum atomic E-state index is 11.5. The normalized spacial score (nSPS) is 11.0. The van der Waals surface area contributed by atoms with Crippen LogP contribution in [0.3, 0.4) is 0 Å². The van der Waals surface area contributed by atoms with Gasteiger partial charge < -0.3 is 14.2 Å². The Morgan fingerprint density at radius 1 is 1.10 bits per heavy atom. The zero-order valence-corrected chi connectivity index (χ0v) is 11.6. The SMILES string of the molecule is COC(=O)/C=C(/CCOCc1ccccc1)C(=O)OC. The maximum Gasteiger partial charge on any atom is 0.334 e. The van der Waals surface area contributed by atoms with Crippen molar-refractivity contribution < 1.29 is 23.8 Å². The molecule has 0 aliphatic rings. The van der Waals surface area contributed by atoms with Crippen LogP contribution in [-0.4, -0.2) is 32.8 Å². The van der Waals surface area contributed by atoms with Crippen molar-refractivity contribution in [3.63, 3.8) is 0 Å². The lowest BCUT2D eigenvalue weighted by Crippen LogP contribution is -2.10. The molecule has 0 bridgehead atoms. The molecule has 5 heteroatoms. The molecule has 0 heterocycles. The van der Waals surface area contributed by atoms with Crippen molar-refractivity contribution in [3.8, 4) is 0 Å². The lowest BCUT2D eigenvalue weighted by molar-refractivity contribution is -0.138. The van der Waals surface area contributed by atoms with Crippen LogP contribution in [0.2, 0.25) is 0 Å². The minimum atomic E-state index is -0.589. The van der Waals surface area contributed by atoms with Crippen molar-refractivity contribution >= 4 is 11.9 Å². The standard InChI is InChI=1S/C15H18O5/c1-18-14(16)10-13(15(17)19-2)8-9-20-11-12-6-4-3-5-7-12/h3-7,10H,8-9,11H2,1-2H3/b13-10-. The van der Waals surface area contributed by atoms with Crippen LogP contribution in [0.15, 0.2) is 42.0 Å². The van der Waals surface area contributed by atoms with Gasteiger partial charge in [-0.2, -0.15) is 0 Å². The van der Waals surface area contributed by atoms with Gasteiger partial charge in [0, 0.05) is 18.1 Å². The van der Waals surface area contributed by atoms with Crippen LogP contribution in [-0.2, 0) is 30.4 Å². The Balaban J connectivity index is 2.45. The lowest BCUT2D eigenvalue weighted by Gasteiger charge is -2.07. The maximum absolute atomic E-state index is 11.5. The molecular formula is C15H18O5. The van der Waals surface area contributed by atoms with Gasteiger partial charge in [0.2, 0.25) is 0 Å². The van der Waals surface area contributed by atoms with Crippen LogP contribution in [0.5, 0.6) is 0 Å². The molecule has 1 rings (SSSR count). The van der Waals surface area contributed by atoms with E-state index in [1.807, 2.05) is 30.3 Å². The van der Waals surface area contributed by atoms with E-state index in [1.165, 1.54) is 14.2 Å². The van der Waals surface area contributed by atoms with Crippen LogP contribution in [0.25, 0.3) is 0 Å². The highest BCUT2D eigenvalue weighted by atomic mass is 16.5. The molecule has 108 valence electrons. The highest BCUT2D eigenvalue weighted by Crippen LogP contribution is 2.07. The van der Waals surface area contributed by atoms with Crippen LogP contribution in [0, 0.1) is 0 Å². The summed E-state index contributed by atoms with van der Waals surface area (Å²) in [5.74, 6) is -1.15. The lowest BCUT2D eigenvalue weighted by atomic mass is 10.2. The van der Waals surface area contributed by atoms with E-state index in [9.17, 15) is 9.59 Å². The number of hydrogen-bond acceptors (Lipinski definition) is 5. The van der Waals surface area contributed by atoms with Crippen molar-refractivity contribution in [3.05, 3.63) is 47.5 Å². The topological polar surface area (TPSA) is 61.8 Å². The van der Waals surface area contributed by atoms with Gasteiger partial charge in [0.05, 0.1) is 27.4 Å². The second-order valence-corrected chi connectivity index (χ2v) is 3.97. The second-order valence-electron chi connectivity index (χ2n) is 3.97. The number of carbonyl (C=O) groups excluding carboxylic acids is 2. The second kappa shape index (κ2) is 8.87. The molecule has 0 unspecified atom stereocenters. The van der Waals surface area contributed by atoms with Crippen LogP contribution >= 0.6 is 0 Å². The van der Waals surface area contributed by atoms with Gasteiger partial charge in [0.25, 0.3) is 0 Å². The Morgan fingerprint density at radius 3 is 2.40 bits per heavy atom. The van der Waals surface area contributed by atoms with Gasteiger partial charge >= 0.3 is 11.9 Å². The Hall–Kier alpha value is -2.14. The molecule has 1 aromatic carbocycles. The molecular weight excluding hydrogens is 260 g/mol. The number of esters is 2. The van der Waals surface area contributed by atoms with Crippen LogP contribution in [0.1, 0.15) is 12.0 Å². The summed E-state index contributed by atoms with van der Waals surface area (Å²) in [5, 5.41) is 0. The summed E-state index contributed by atoms with van der Waals surface area (Å²) in [6.45, 7) is 0.764. The van der Waals surface area contributed by atoms with Gasteiger partial charge in [-0.25, -0.2) is 9.59 Å². The van der Waals surface area contributed by atoms with E-state index in [2.05, 4.69) is 9.47 Å². The zero-order chi connectivity index (χ0) is 14.8. The fourth-order valence-electron chi connectivity index (χ4n) is 1.51. The molecule has 0 fully saturated rings. The predicted octanol–water partition coefficient (Wildman–Crippen LogP) is 1.87. The van der Waals surface area contributed by atoms with Gasteiger partial charge in [-0.3, -0.25) is 0 Å². The predicted molar refractivity (Wildman–Crippen MR) is 72.8 cm³/mol. The van der Waals surface area contributed by atoms with Crippen molar-refractivity contribution in [2.75, 3.05) is 20.8 Å². The highest BCUT2D eigenvalue weighted by Gasteiger charge is 2.12. The van der Waals surface area contributed by atoms with E-state index in [1.54, 1.807) is 0 Å². The molecule has 0 amide bonds. The largest absolute Gasteiger partial charge is 0.466 e. The summed E-state index contributed by atoms with van der Waals surface area (Å²) < 4.78 is 14.5. The van der Waals surface area contributed by atoms with Crippen LogP contribution in [0.4, 0.5) is 0 Å². The first-order chi connectivity index (χ1) is 9.67. The van der Waals surface area contributed by atoms with E-state index >= 15 is 0 Å². The minimum absolute atomic E-state index is 0.229. The van der Waals surface area contributed by atoms with Crippen molar-refractivity contribution in [2.45, 2.75) is 13.0 Å². The number of methoxy groups -OCH3 is 2. The highest BCUT2D eigenvalue weighted by molar-refractivity contribution is 5.96. The van der Waals surface area contributed by atoms with Crippen molar-refractivity contribution in [1.29, 1.82) is 0 Å². The third-order valence-corrected chi connectivity index (χ3v) is 2.57. The van der Waals surface area contributed by atoms with Gasteiger partial charge in [0.15, 0.2) is 0 Å². The van der Waals surface area contributed by atoms with E-state index in [-0.39, 0.29) is 12.0 Å². The molecule has 20 heavy (non-hydrogen) atoms. The summed E-state index contributed by atoms with van der Waals surface area (Å²) in [6.07, 6.45) is 1.41. The Labute approximate surface area is 118 Å². The molecule has 0 radical (unpaired) electrons. The summed E-state index contributed by atoms with van der Waals surface area (Å²) in [5.41, 5.74) is 1.27. The summed E-state index contributed by atoms with van der Waals surface area (Å²) in [4.78, 5) is 22.6. The van der Waals surface area contributed by atoms with Gasteiger partial charge in [0.1, 0.15) is 0 Å². The average molecular weight is 278 g/mol. The molecule has 0 N–H and O–H groups in total. The molecule has 5 nitrogen and oxygen atoms in total. The molecule has 0 spiro atoms.